The zero-order valence-corrected chi connectivity index (χ0v) is 20.4. The molecule has 0 saturated heterocycles. The van der Waals surface area contributed by atoms with E-state index in [4.69, 9.17) is 4.74 Å². The molecule has 0 unspecified atom stereocenters. The van der Waals surface area contributed by atoms with Crippen LogP contribution in [0.4, 0.5) is 5.69 Å². The van der Waals surface area contributed by atoms with Gasteiger partial charge in [0.15, 0.2) is 5.78 Å². The molecular weight excluding hydrogens is 442 g/mol. The van der Waals surface area contributed by atoms with Crippen molar-refractivity contribution in [3.63, 3.8) is 0 Å². The summed E-state index contributed by atoms with van der Waals surface area (Å²) in [5.74, 6) is -1.46. The van der Waals surface area contributed by atoms with Gasteiger partial charge in [0.1, 0.15) is 5.75 Å². The number of ketones is 1. The van der Waals surface area contributed by atoms with E-state index in [2.05, 4.69) is 0 Å². The number of fused-ring (bicyclic) bond motifs is 1. The van der Waals surface area contributed by atoms with E-state index in [1.165, 1.54) is 30.0 Å². The predicted octanol–water partition coefficient (Wildman–Crippen LogP) is 6.16. The Morgan fingerprint density at radius 1 is 0.771 bits per heavy atom. The fraction of sp³-hybridized carbons (Fsp3) is 0.241. The van der Waals surface area contributed by atoms with Crippen LogP contribution in [0.5, 0.6) is 5.75 Å². The second kappa shape index (κ2) is 9.29. The fourth-order valence-electron chi connectivity index (χ4n) is 4.35. The van der Waals surface area contributed by atoms with Crippen LogP contribution in [0.2, 0.25) is 0 Å². The van der Waals surface area contributed by atoms with Gasteiger partial charge in [-0.05, 0) is 66.3 Å². The number of amides is 2. The highest BCUT2D eigenvalue weighted by molar-refractivity contribution is 6.36. The Morgan fingerprint density at radius 2 is 1.34 bits per heavy atom. The minimum Gasteiger partial charge on any atom is -0.423 e. The first kappa shape index (κ1) is 24.1. The minimum absolute atomic E-state index is 0.0205. The lowest BCUT2D eigenvalue weighted by Gasteiger charge is -2.25. The molecule has 0 fully saturated rings. The molecule has 0 radical (unpaired) electrons. The van der Waals surface area contributed by atoms with Gasteiger partial charge < -0.3 is 4.74 Å². The summed E-state index contributed by atoms with van der Waals surface area (Å²) in [6.07, 6.45) is 0. The van der Waals surface area contributed by atoms with Crippen LogP contribution in [0.3, 0.4) is 0 Å². The molecule has 0 aromatic heterocycles. The third-order valence-electron chi connectivity index (χ3n) is 6.17. The lowest BCUT2D eigenvalue weighted by Crippen LogP contribution is -2.32. The van der Waals surface area contributed by atoms with Crippen LogP contribution < -0.4 is 9.64 Å². The molecule has 4 rings (SSSR count). The second-order valence-corrected chi connectivity index (χ2v) is 9.24. The van der Waals surface area contributed by atoms with Gasteiger partial charge in [0.25, 0.3) is 11.8 Å². The van der Waals surface area contributed by atoms with Crippen LogP contribution in [-0.4, -0.2) is 23.6 Å². The van der Waals surface area contributed by atoms with Gasteiger partial charge in [-0.15, -0.1) is 0 Å². The molecule has 3 aromatic rings. The molecule has 2 amide bonds. The molecule has 0 aliphatic carbocycles. The zero-order valence-electron chi connectivity index (χ0n) is 20.4. The summed E-state index contributed by atoms with van der Waals surface area (Å²) in [4.78, 5) is 53.0. The number of rotatable bonds is 6. The number of carbonyl (C=O) groups excluding carboxylic acids is 4. The standard InChI is InChI=1S/C29H27NO5/c1-16(2)21-8-6-9-22(17(3)4)26(21)30-27(32)23-10-7-11-24(25(23)28(30)33)29(34)35-20-14-12-19(13-15-20)18(5)31/h6-17H,1-5H3. The Morgan fingerprint density at radius 3 is 1.89 bits per heavy atom. The number of anilines is 1. The predicted molar refractivity (Wildman–Crippen MR) is 134 cm³/mol. The number of ether oxygens (including phenoxy) is 1. The van der Waals surface area contributed by atoms with Gasteiger partial charge in [0.2, 0.25) is 0 Å². The monoisotopic (exact) mass is 469 g/mol. The van der Waals surface area contributed by atoms with E-state index in [-0.39, 0.29) is 40.1 Å². The quantitative estimate of drug-likeness (QED) is 0.187. The SMILES string of the molecule is CC(=O)c1ccc(OC(=O)c2cccc3c2C(=O)N(c2c(C(C)C)cccc2C(C)C)C3=O)cc1. The maximum atomic E-state index is 13.7. The van der Waals surface area contributed by atoms with E-state index in [0.29, 0.717) is 11.3 Å². The Hall–Kier alpha value is -4.06. The lowest BCUT2D eigenvalue weighted by atomic mass is 9.92. The van der Waals surface area contributed by atoms with E-state index in [1.807, 2.05) is 45.9 Å². The Kier molecular flexibility index (Phi) is 6.39. The van der Waals surface area contributed by atoms with Crippen LogP contribution in [-0.2, 0) is 0 Å². The maximum absolute atomic E-state index is 13.7. The topological polar surface area (TPSA) is 80.8 Å². The second-order valence-electron chi connectivity index (χ2n) is 9.24. The normalized spacial score (nSPS) is 12.9. The number of para-hydroxylation sites is 1. The molecule has 35 heavy (non-hydrogen) atoms. The number of hydrogen-bond acceptors (Lipinski definition) is 5. The minimum atomic E-state index is -0.748. The van der Waals surface area contributed by atoms with Crippen molar-refractivity contribution in [1.82, 2.24) is 0 Å². The van der Waals surface area contributed by atoms with Crippen molar-refractivity contribution in [1.29, 1.82) is 0 Å². The molecule has 6 heteroatoms. The average Bonchev–Trinajstić information content (AvgIpc) is 3.08. The fourth-order valence-corrected chi connectivity index (χ4v) is 4.35. The molecule has 0 N–H and O–H groups in total. The first-order valence-electron chi connectivity index (χ1n) is 11.6. The summed E-state index contributed by atoms with van der Waals surface area (Å²) in [6.45, 7) is 9.51. The molecule has 0 saturated carbocycles. The van der Waals surface area contributed by atoms with E-state index < -0.39 is 17.8 Å². The number of nitrogens with zero attached hydrogens (tertiary/aromatic N) is 1. The molecule has 0 bridgehead atoms. The van der Waals surface area contributed by atoms with E-state index >= 15 is 0 Å². The van der Waals surface area contributed by atoms with Crippen LogP contribution in [0.25, 0.3) is 0 Å². The summed E-state index contributed by atoms with van der Waals surface area (Å²) >= 11 is 0. The van der Waals surface area contributed by atoms with Crippen molar-refractivity contribution in [3.8, 4) is 5.75 Å². The Balaban J connectivity index is 1.75. The smallest absolute Gasteiger partial charge is 0.344 e. The van der Waals surface area contributed by atoms with Crippen LogP contribution in [0.1, 0.15) is 99.0 Å². The van der Waals surface area contributed by atoms with E-state index in [1.54, 1.807) is 24.3 Å². The van der Waals surface area contributed by atoms with Crippen molar-refractivity contribution in [2.75, 3.05) is 4.90 Å². The Bertz CT molecular complexity index is 1330. The highest BCUT2D eigenvalue weighted by Crippen LogP contribution is 2.40. The molecule has 0 spiro atoms. The number of Topliss-reactive ketones (excluding diaryl/α,β-unsaturated/α-hetero) is 1. The molecule has 1 heterocycles. The molecule has 1 aliphatic heterocycles. The van der Waals surface area contributed by atoms with Crippen molar-refractivity contribution in [3.05, 3.63) is 94.0 Å². The summed E-state index contributed by atoms with van der Waals surface area (Å²) < 4.78 is 5.48. The molecule has 6 nitrogen and oxygen atoms in total. The maximum Gasteiger partial charge on any atom is 0.344 e. The van der Waals surface area contributed by atoms with Gasteiger partial charge in [-0.2, -0.15) is 0 Å². The average molecular weight is 470 g/mol. The van der Waals surface area contributed by atoms with Crippen LogP contribution in [0.15, 0.2) is 60.7 Å². The number of esters is 1. The largest absolute Gasteiger partial charge is 0.423 e. The number of carbonyl (C=O) groups is 4. The first-order valence-corrected chi connectivity index (χ1v) is 11.6. The Labute approximate surface area is 204 Å². The van der Waals surface area contributed by atoms with Gasteiger partial charge in [0.05, 0.1) is 22.4 Å². The summed E-state index contributed by atoms with van der Waals surface area (Å²) in [6, 6.07) is 16.6. The van der Waals surface area contributed by atoms with Gasteiger partial charge in [0, 0.05) is 5.56 Å². The number of imide groups is 1. The molecule has 3 aromatic carbocycles. The molecule has 1 aliphatic rings. The third kappa shape index (κ3) is 4.28. The summed E-state index contributed by atoms with van der Waals surface area (Å²) in [5.41, 5.74) is 3.09. The highest BCUT2D eigenvalue weighted by atomic mass is 16.5. The summed E-state index contributed by atoms with van der Waals surface area (Å²) in [5, 5.41) is 0. The zero-order chi connectivity index (χ0) is 25.4. The molecular formula is C29H27NO5. The van der Waals surface area contributed by atoms with Crippen LogP contribution in [0, 0.1) is 0 Å². The summed E-state index contributed by atoms with van der Waals surface area (Å²) in [7, 11) is 0. The van der Waals surface area contributed by atoms with Crippen molar-refractivity contribution in [2.24, 2.45) is 0 Å². The first-order chi connectivity index (χ1) is 16.6. The van der Waals surface area contributed by atoms with Gasteiger partial charge in [-0.1, -0.05) is 52.0 Å². The van der Waals surface area contributed by atoms with Crippen LogP contribution >= 0.6 is 0 Å². The van der Waals surface area contributed by atoms with Gasteiger partial charge in [-0.25, -0.2) is 9.69 Å². The van der Waals surface area contributed by atoms with Gasteiger partial charge in [-0.3, -0.25) is 14.4 Å². The van der Waals surface area contributed by atoms with Crippen molar-refractivity contribution < 1.29 is 23.9 Å². The highest BCUT2D eigenvalue weighted by Gasteiger charge is 2.42. The lowest BCUT2D eigenvalue weighted by molar-refractivity contribution is 0.0729. The molecule has 178 valence electrons. The number of benzene rings is 3. The van der Waals surface area contributed by atoms with E-state index in [9.17, 15) is 19.2 Å². The third-order valence-corrected chi connectivity index (χ3v) is 6.17. The van der Waals surface area contributed by atoms with Crippen molar-refractivity contribution >= 4 is 29.3 Å². The molecule has 0 atom stereocenters. The van der Waals surface area contributed by atoms with E-state index in [0.717, 1.165) is 11.1 Å². The number of hydrogen-bond donors (Lipinski definition) is 0. The van der Waals surface area contributed by atoms with Gasteiger partial charge >= 0.3 is 5.97 Å². The van der Waals surface area contributed by atoms with Crippen molar-refractivity contribution in [2.45, 2.75) is 46.5 Å².